The van der Waals surface area contributed by atoms with E-state index in [-0.39, 0.29) is 11.2 Å². The number of hydrogen-bond donors (Lipinski definition) is 0. The van der Waals surface area contributed by atoms with Gasteiger partial charge in [-0.1, -0.05) is 36.7 Å². The molecule has 0 spiro atoms. The Morgan fingerprint density at radius 2 is 1.75 bits per heavy atom. The van der Waals surface area contributed by atoms with Crippen LogP contribution in [0.2, 0.25) is 0 Å². The van der Waals surface area contributed by atoms with Gasteiger partial charge in [0.25, 0.3) is 0 Å². The topological polar surface area (TPSA) is 57.2 Å². The zero-order chi connectivity index (χ0) is 20.3. The molecule has 3 nitrogen and oxygen atoms in total. The number of aliphatic carboxylic acids is 1. The van der Waals surface area contributed by atoms with E-state index in [1.165, 1.54) is 38.5 Å². The first-order valence-corrected chi connectivity index (χ1v) is 12.5. The molecule has 4 saturated carbocycles. The minimum absolute atomic E-state index is 0.0708. The van der Waals surface area contributed by atoms with Crippen molar-refractivity contribution >= 4 is 27.7 Å². The van der Waals surface area contributed by atoms with E-state index in [2.05, 4.69) is 36.7 Å². The van der Waals surface area contributed by atoms with Gasteiger partial charge in [-0.05, 0) is 104 Å². The van der Waals surface area contributed by atoms with Gasteiger partial charge in [0.2, 0.25) is 0 Å². The third-order valence-corrected chi connectivity index (χ3v) is 11.2. The second kappa shape index (κ2) is 7.39. The number of hydrogen-bond acceptors (Lipinski definition) is 3. The molecule has 0 aromatic rings. The van der Waals surface area contributed by atoms with Crippen LogP contribution in [0, 0.1) is 46.3 Å². The van der Waals surface area contributed by atoms with Gasteiger partial charge in [-0.25, -0.2) is 0 Å². The van der Waals surface area contributed by atoms with Crippen LogP contribution in [0.25, 0.3) is 0 Å². The fourth-order valence-electron chi connectivity index (χ4n) is 8.61. The number of alkyl halides is 1. The van der Waals surface area contributed by atoms with Crippen LogP contribution in [-0.2, 0) is 9.59 Å². The molecule has 4 aliphatic carbocycles. The molecule has 4 fully saturated rings. The van der Waals surface area contributed by atoms with Crippen LogP contribution in [0.1, 0.15) is 85.0 Å². The molecule has 0 saturated heterocycles. The van der Waals surface area contributed by atoms with Crippen LogP contribution in [0.5, 0.6) is 0 Å². The molecule has 0 N–H and O–H groups in total. The zero-order valence-electron chi connectivity index (χ0n) is 17.7. The monoisotopic (exact) mass is 451 g/mol. The summed E-state index contributed by atoms with van der Waals surface area (Å²) in [5, 5.41) is 10.9. The number of fused-ring (bicyclic) bond motifs is 5. The lowest BCUT2D eigenvalue weighted by Crippen LogP contribution is -2.56. The van der Waals surface area contributed by atoms with Gasteiger partial charge in [0, 0.05) is 12.4 Å². The average Bonchev–Trinajstić information content (AvgIpc) is 3.00. The van der Waals surface area contributed by atoms with Gasteiger partial charge in [-0.2, -0.15) is 0 Å². The second-order valence-corrected chi connectivity index (χ2v) is 12.0. The van der Waals surface area contributed by atoms with Crippen molar-refractivity contribution in [2.45, 2.75) is 89.8 Å². The molecule has 4 rings (SSSR count). The predicted molar refractivity (Wildman–Crippen MR) is 112 cm³/mol. The highest BCUT2D eigenvalue weighted by molar-refractivity contribution is 9.10. The summed E-state index contributed by atoms with van der Waals surface area (Å²) >= 11 is 3.77. The molecular weight excluding hydrogens is 416 g/mol. The molecular formula is C24H36BrO3-. The summed E-state index contributed by atoms with van der Waals surface area (Å²) in [6, 6.07) is 0. The third-order valence-electron chi connectivity index (χ3n) is 10.1. The predicted octanol–water partition coefficient (Wildman–Crippen LogP) is 4.75. The summed E-state index contributed by atoms with van der Waals surface area (Å²) in [5.41, 5.74) is 0.680. The van der Waals surface area contributed by atoms with Crippen molar-refractivity contribution in [2.24, 2.45) is 46.3 Å². The lowest BCUT2D eigenvalue weighted by Gasteiger charge is -2.61. The minimum Gasteiger partial charge on any atom is -0.550 e. The van der Waals surface area contributed by atoms with Gasteiger partial charge in [-0.3, -0.25) is 4.79 Å². The number of carbonyl (C=O) groups is 2. The maximum atomic E-state index is 12.3. The largest absolute Gasteiger partial charge is 0.550 e. The number of carboxylic acids is 1. The summed E-state index contributed by atoms with van der Waals surface area (Å²) in [6.07, 6.45) is 10.4. The highest BCUT2D eigenvalue weighted by Gasteiger charge is 2.61. The summed E-state index contributed by atoms with van der Waals surface area (Å²) in [4.78, 5) is 23.3. The molecule has 0 bridgehead atoms. The Balaban J connectivity index is 1.53. The van der Waals surface area contributed by atoms with E-state index in [9.17, 15) is 14.7 Å². The summed E-state index contributed by atoms with van der Waals surface area (Å²) in [6.45, 7) is 7.29. The summed E-state index contributed by atoms with van der Waals surface area (Å²) in [5.74, 6) is 3.49. The van der Waals surface area contributed by atoms with E-state index in [1.54, 1.807) is 0 Å². The number of carbonyl (C=O) groups excluding carboxylic acids is 2. The van der Waals surface area contributed by atoms with Gasteiger partial charge in [0.15, 0.2) is 0 Å². The maximum absolute atomic E-state index is 12.3. The number of halogens is 1. The second-order valence-electron chi connectivity index (χ2n) is 11.1. The maximum Gasteiger partial charge on any atom is 0.146 e. The van der Waals surface area contributed by atoms with Gasteiger partial charge in [0.1, 0.15) is 5.78 Å². The molecule has 4 aliphatic rings. The van der Waals surface area contributed by atoms with Crippen molar-refractivity contribution in [2.75, 3.05) is 0 Å². The molecule has 28 heavy (non-hydrogen) atoms. The Kier molecular flexibility index (Phi) is 5.51. The van der Waals surface area contributed by atoms with Crippen LogP contribution >= 0.6 is 15.9 Å². The molecule has 0 unspecified atom stereocenters. The SMILES string of the molecule is C[C@H](CCC(=O)[O-])[C@@H]1CC[C@H]2[C@H]3CC[C@H]4[C@@H](Br)C(=O)CC[C@]4(C)[C@@H]3CC[C@@]21C. The third kappa shape index (κ3) is 3.11. The Morgan fingerprint density at radius 3 is 2.46 bits per heavy atom. The van der Waals surface area contributed by atoms with E-state index < -0.39 is 5.97 Å². The lowest BCUT2D eigenvalue weighted by atomic mass is 9.44. The van der Waals surface area contributed by atoms with Crippen LogP contribution in [0.3, 0.4) is 0 Å². The Bertz CT molecular complexity index is 648. The molecule has 4 heteroatoms. The normalized spacial score (nSPS) is 49.1. The Hall–Kier alpha value is -0.380. The smallest absolute Gasteiger partial charge is 0.146 e. The minimum atomic E-state index is -0.905. The van der Waals surface area contributed by atoms with Crippen LogP contribution in [0.4, 0.5) is 0 Å². The molecule has 0 aromatic carbocycles. The van der Waals surface area contributed by atoms with Crippen LogP contribution in [0.15, 0.2) is 0 Å². The molecule has 0 aliphatic heterocycles. The van der Waals surface area contributed by atoms with Crippen molar-refractivity contribution in [3.05, 3.63) is 0 Å². The zero-order valence-corrected chi connectivity index (χ0v) is 19.3. The average molecular weight is 452 g/mol. The standard InChI is InChI=1S/C24H37BrO3/c1-14(4-9-21(27)28)16-7-8-17-15-5-6-19-22(25)20(26)11-13-24(19,3)18(15)10-12-23(16,17)2/h14-19,22H,4-13H2,1-3H3,(H,27,28)/p-1/t14-,15-,16+,17+,18-,19+,22-,23-,24-/m1/s1. The van der Waals surface area contributed by atoms with Crippen LogP contribution in [-0.4, -0.2) is 16.6 Å². The molecule has 0 amide bonds. The number of carboxylic acid groups (broad SMARTS) is 1. The van der Waals surface area contributed by atoms with Crippen molar-refractivity contribution in [3.8, 4) is 0 Å². The van der Waals surface area contributed by atoms with E-state index >= 15 is 0 Å². The van der Waals surface area contributed by atoms with E-state index in [0.29, 0.717) is 34.4 Å². The van der Waals surface area contributed by atoms with Gasteiger partial charge >= 0.3 is 0 Å². The Labute approximate surface area is 178 Å². The first-order chi connectivity index (χ1) is 13.2. The first kappa shape index (κ1) is 20.9. The van der Waals surface area contributed by atoms with Crippen LogP contribution < -0.4 is 5.11 Å². The van der Waals surface area contributed by atoms with Crippen molar-refractivity contribution in [1.82, 2.24) is 0 Å². The molecule has 9 atom stereocenters. The molecule has 0 radical (unpaired) electrons. The summed E-state index contributed by atoms with van der Waals surface area (Å²) < 4.78 is 0. The fraction of sp³-hybridized carbons (Fsp3) is 0.917. The summed E-state index contributed by atoms with van der Waals surface area (Å²) in [7, 11) is 0. The Morgan fingerprint density at radius 1 is 1.07 bits per heavy atom. The fourth-order valence-corrected chi connectivity index (χ4v) is 9.71. The molecule has 0 heterocycles. The molecule has 0 aromatic heterocycles. The highest BCUT2D eigenvalue weighted by Crippen LogP contribution is 2.68. The first-order valence-electron chi connectivity index (χ1n) is 11.5. The van der Waals surface area contributed by atoms with Crippen molar-refractivity contribution in [1.29, 1.82) is 0 Å². The number of ketones is 1. The number of Topliss-reactive ketones (excluding diaryl/α,β-unsaturated/α-hetero) is 1. The molecule has 158 valence electrons. The van der Waals surface area contributed by atoms with Crippen molar-refractivity contribution in [3.63, 3.8) is 0 Å². The van der Waals surface area contributed by atoms with E-state index in [1.807, 2.05) is 0 Å². The van der Waals surface area contributed by atoms with Crippen molar-refractivity contribution < 1.29 is 14.7 Å². The van der Waals surface area contributed by atoms with Gasteiger partial charge < -0.3 is 9.90 Å². The number of rotatable bonds is 4. The van der Waals surface area contributed by atoms with E-state index in [4.69, 9.17) is 0 Å². The quantitative estimate of drug-likeness (QED) is 0.579. The van der Waals surface area contributed by atoms with Gasteiger partial charge in [0.05, 0.1) is 4.83 Å². The van der Waals surface area contributed by atoms with E-state index in [0.717, 1.165) is 37.0 Å². The van der Waals surface area contributed by atoms with Gasteiger partial charge in [-0.15, -0.1) is 0 Å². The highest BCUT2D eigenvalue weighted by atomic mass is 79.9. The lowest BCUT2D eigenvalue weighted by molar-refractivity contribution is -0.306.